The summed E-state index contributed by atoms with van der Waals surface area (Å²) in [5, 5.41) is 6.09. The highest BCUT2D eigenvalue weighted by molar-refractivity contribution is 9.10. The van der Waals surface area contributed by atoms with E-state index in [2.05, 4.69) is 26.1 Å². The van der Waals surface area contributed by atoms with E-state index in [0.29, 0.717) is 4.47 Å². The van der Waals surface area contributed by atoms with Crippen molar-refractivity contribution in [1.29, 1.82) is 0 Å². The molecule has 0 amide bonds. The third kappa shape index (κ3) is 3.51. The molecule has 2 aromatic rings. The van der Waals surface area contributed by atoms with Crippen LogP contribution in [0.15, 0.2) is 44.9 Å². The Morgan fingerprint density at radius 1 is 1.00 bits per heavy atom. The van der Waals surface area contributed by atoms with Crippen molar-refractivity contribution in [2.75, 3.05) is 26.2 Å². The minimum Gasteiger partial charge on any atom is -0.266 e. The summed E-state index contributed by atoms with van der Waals surface area (Å²) in [5.41, 5.74) is 0.946. The molecular formula is C14H17BrN4O4S2. The number of aromatic nitrogens is 2. The number of halogens is 1. The molecule has 0 radical (unpaired) electrons. The lowest BCUT2D eigenvalue weighted by atomic mass is 10.2. The van der Waals surface area contributed by atoms with Crippen molar-refractivity contribution >= 4 is 36.0 Å². The molecule has 2 heterocycles. The molecule has 1 saturated heterocycles. The van der Waals surface area contributed by atoms with Gasteiger partial charge in [-0.05, 0) is 46.6 Å². The number of piperazine rings is 1. The van der Waals surface area contributed by atoms with E-state index in [1.54, 1.807) is 18.2 Å². The molecule has 3 rings (SSSR count). The first kappa shape index (κ1) is 18.5. The fraction of sp³-hybridized carbons (Fsp3) is 0.357. The summed E-state index contributed by atoms with van der Waals surface area (Å²) in [4.78, 5) is 0.183. The summed E-state index contributed by atoms with van der Waals surface area (Å²) < 4.78 is 53.6. The minimum atomic E-state index is -3.69. The zero-order chi connectivity index (χ0) is 18.2. The Kier molecular flexibility index (Phi) is 5.04. The molecule has 0 aliphatic carbocycles. The van der Waals surface area contributed by atoms with Gasteiger partial charge in [-0.15, -0.1) is 0 Å². The average molecular weight is 449 g/mol. The topological polar surface area (TPSA) is 103 Å². The van der Waals surface area contributed by atoms with Crippen LogP contribution in [0.4, 0.5) is 0 Å². The first-order chi connectivity index (χ1) is 11.7. The van der Waals surface area contributed by atoms with Crippen LogP contribution in [0.5, 0.6) is 0 Å². The molecule has 0 saturated carbocycles. The Balaban J connectivity index is 1.78. The highest BCUT2D eigenvalue weighted by Crippen LogP contribution is 2.27. The molecule has 8 nitrogen and oxygen atoms in total. The minimum absolute atomic E-state index is 0.00471. The first-order valence-corrected chi connectivity index (χ1v) is 11.2. The quantitative estimate of drug-likeness (QED) is 0.755. The first-order valence-electron chi connectivity index (χ1n) is 7.49. The van der Waals surface area contributed by atoms with Gasteiger partial charge in [0.2, 0.25) is 10.0 Å². The Hall–Kier alpha value is -1.27. The number of H-pyrrole nitrogens is 1. The standard InChI is InChI=1S/C14H17BrN4O4S2/c1-11-2-3-13(12(15)10-11)24(20,21)18-6-8-19(9-7-18)25(22,23)14-4-5-16-17-14/h2-5,10H,6-9H2,1H3,(H,16,17). The molecule has 1 aromatic carbocycles. The fourth-order valence-corrected chi connectivity index (χ4v) is 6.53. The second-order valence-corrected chi connectivity index (χ2v) is 10.3. The Morgan fingerprint density at radius 3 is 2.12 bits per heavy atom. The summed E-state index contributed by atoms with van der Waals surface area (Å²) in [6.45, 7) is 2.24. The lowest BCUT2D eigenvalue weighted by Gasteiger charge is -2.33. The largest absolute Gasteiger partial charge is 0.266 e. The summed E-state index contributed by atoms with van der Waals surface area (Å²) >= 11 is 3.30. The van der Waals surface area contributed by atoms with Crippen molar-refractivity contribution in [1.82, 2.24) is 18.8 Å². The fourth-order valence-electron chi connectivity index (χ4n) is 2.63. The van der Waals surface area contributed by atoms with E-state index in [0.717, 1.165) is 5.56 Å². The van der Waals surface area contributed by atoms with Crippen LogP contribution in [-0.2, 0) is 20.0 Å². The van der Waals surface area contributed by atoms with Crippen LogP contribution in [0.2, 0.25) is 0 Å². The van der Waals surface area contributed by atoms with Gasteiger partial charge < -0.3 is 0 Å². The molecule has 1 aromatic heterocycles. The molecule has 0 bridgehead atoms. The smallest absolute Gasteiger partial charge is 0.260 e. The van der Waals surface area contributed by atoms with Crippen molar-refractivity contribution in [3.8, 4) is 0 Å². The maximum Gasteiger partial charge on any atom is 0.260 e. The molecule has 1 fully saturated rings. The van der Waals surface area contributed by atoms with Gasteiger partial charge in [-0.3, -0.25) is 5.10 Å². The van der Waals surface area contributed by atoms with E-state index in [-0.39, 0.29) is 36.1 Å². The molecule has 25 heavy (non-hydrogen) atoms. The van der Waals surface area contributed by atoms with Crippen molar-refractivity contribution in [3.63, 3.8) is 0 Å². The summed E-state index contributed by atoms with van der Waals surface area (Å²) in [7, 11) is -7.37. The monoisotopic (exact) mass is 448 g/mol. The number of aryl methyl sites for hydroxylation is 1. The summed E-state index contributed by atoms with van der Waals surface area (Å²) in [6, 6.07) is 6.41. The van der Waals surface area contributed by atoms with Crippen LogP contribution < -0.4 is 0 Å². The van der Waals surface area contributed by atoms with E-state index in [1.807, 2.05) is 6.92 Å². The van der Waals surface area contributed by atoms with Gasteiger partial charge in [0.05, 0.1) is 11.1 Å². The van der Waals surface area contributed by atoms with Crippen molar-refractivity contribution < 1.29 is 16.8 Å². The SMILES string of the molecule is Cc1ccc(S(=O)(=O)N2CCN(S(=O)(=O)c3ccn[nH]3)CC2)c(Br)c1. The number of sulfonamides is 2. The van der Waals surface area contributed by atoms with Gasteiger partial charge in [0, 0.05) is 30.7 Å². The van der Waals surface area contributed by atoms with Gasteiger partial charge in [0.25, 0.3) is 10.0 Å². The van der Waals surface area contributed by atoms with Crippen molar-refractivity contribution in [2.24, 2.45) is 0 Å². The molecule has 1 aliphatic heterocycles. The van der Waals surface area contributed by atoms with Gasteiger partial charge >= 0.3 is 0 Å². The zero-order valence-electron chi connectivity index (χ0n) is 13.4. The second-order valence-electron chi connectivity index (χ2n) is 5.66. The van der Waals surface area contributed by atoms with Crippen LogP contribution in [0, 0.1) is 6.92 Å². The number of rotatable bonds is 4. The number of hydrogen-bond acceptors (Lipinski definition) is 5. The second kappa shape index (κ2) is 6.80. The molecule has 1 N–H and O–H groups in total. The van der Waals surface area contributed by atoms with E-state index in [4.69, 9.17) is 0 Å². The summed E-state index contributed by atoms with van der Waals surface area (Å²) in [6.07, 6.45) is 1.36. The summed E-state index contributed by atoms with van der Waals surface area (Å²) in [5.74, 6) is 0. The molecule has 136 valence electrons. The van der Waals surface area contributed by atoms with E-state index in [1.165, 1.54) is 20.9 Å². The number of hydrogen-bond donors (Lipinski definition) is 1. The molecule has 0 spiro atoms. The number of nitrogens with zero attached hydrogens (tertiary/aromatic N) is 3. The maximum atomic E-state index is 12.8. The van der Waals surface area contributed by atoms with Gasteiger partial charge in [-0.1, -0.05) is 6.07 Å². The van der Waals surface area contributed by atoms with Crippen LogP contribution in [0.1, 0.15) is 5.56 Å². The Morgan fingerprint density at radius 2 is 1.60 bits per heavy atom. The normalized spacial score (nSPS) is 17.7. The van der Waals surface area contributed by atoms with Crippen LogP contribution >= 0.6 is 15.9 Å². The van der Waals surface area contributed by atoms with Gasteiger partial charge in [-0.25, -0.2) is 16.8 Å². The van der Waals surface area contributed by atoms with Crippen molar-refractivity contribution in [2.45, 2.75) is 16.8 Å². The highest BCUT2D eigenvalue weighted by atomic mass is 79.9. The molecule has 0 unspecified atom stereocenters. The van der Waals surface area contributed by atoms with Gasteiger partial charge in [0.15, 0.2) is 5.03 Å². The van der Waals surface area contributed by atoms with E-state index < -0.39 is 20.0 Å². The van der Waals surface area contributed by atoms with Crippen LogP contribution in [0.25, 0.3) is 0 Å². The van der Waals surface area contributed by atoms with Crippen molar-refractivity contribution in [3.05, 3.63) is 40.5 Å². The number of nitrogens with one attached hydrogen (secondary N) is 1. The van der Waals surface area contributed by atoms with E-state index >= 15 is 0 Å². The molecule has 11 heteroatoms. The van der Waals surface area contributed by atoms with Gasteiger partial charge in [-0.2, -0.15) is 13.7 Å². The highest BCUT2D eigenvalue weighted by Gasteiger charge is 2.34. The third-order valence-corrected chi connectivity index (χ3v) is 8.70. The van der Waals surface area contributed by atoms with Crippen LogP contribution in [0.3, 0.4) is 0 Å². The number of benzene rings is 1. The lowest BCUT2D eigenvalue weighted by Crippen LogP contribution is -2.50. The zero-order valence-corrected chi connectivity index (χ0v) is 16.6. The Bertz CT molecular complexity index is 966. The van der Waals surface area contributed by atoms with Gasteiger partial charge in [0.1, 0.15) is 0 Å². The van der Waals surface area contributed by atoms with Crippen LogP contribution in [-0.4, -0.2) is 61.8 Å². The average Bonchev–Trinajstić information content (AvgIpc) is 3.10. The maximum absolute atomic E-state index is 12.8. The third-order valence-electron chi connectivity index (χ3n) is 4.00. The Labute approximate surface area is 155 Å². The number of aromatic amines is 1. The predicted molar refractivity (Wildman–Crippen MR) is 95.0 cm³/mol. The van der Waals surface area contributed by atoms with E-state index in [9.17, 15) is 16.8 Å². The molecule has 0 atom stereocenters. The lowest BCUT2D eigenvalue weighted by molar-refractivity contribution is 0.272. The molecular weight excluding hydrogens is 432 g/mol. The molecule has 1 aliphatic rings. The predicted octanol–water partition coefficient (Wildman–Crippen LogP) is 1.18.